The zero-order valence-electron chi connectivity index (χ0n) is 19.8. The molecule has 0 aliphatic carbocycles. The van der Waals surface area contributed by atoms with Gasteiger partial charge in [-0.1, -0.05) is 52.0 Å². The summed E-state index contributed by atoms with van der Waals surface area (Å²) in [6.07, 6.45) is 1.17. The third-order valence-corrected chi connectivity index (χ3v) is 5.87. The van der Waals surface area contributed by atoms with Crippen LogP contribution < -0.4 is 10.6 Å². The van der Waals surface area contributed by atoms with Gasteiger partial charge in [0.1, 0.15) is 5.54 Å². The van der Waals surface area contributed by atoms with Crippen LogP contribution in [0.2, 0.25) is 0 Å². The number of amides is 4. The molecule has 1 atom stereocenters. The molecule has 33 heavy (non-hydrogen) atoms. The molecule has 2 aromatic carbocycles. The Kier molecular flexibility index (Phi) is 6.72. The topological polar surface area (TPSA) is 95.6 Å². The summed E-state index contributed by atoms with van der Waals surface area (Å²) in [5.41, 5.74) is 1.46. The van der Waals surface area contributed by atoms with Crippen molar-refractivity contribution in [2.45, 2.75) is 58.4 Å². The number of hydrogen-bond acceptors (Lipinski definition) is 4. The van der Waals surface area contributed by atoms with E-state index in [0.717, 1.165) is 16.9 Å². The lowest BCUT2D eigenvalue weighted by atomic mass is 9.84. The molecule has 1 heterocycles. The van der Waals surface area contributed by atoms with E-state index in [-0.39, 0.29) is 23.7 Å². The molecule has 0 radical (unpaired) electrons. The normalized spacial score (nSPS) is 18.3. The second-order valence-electron chi connectivity index (χ2n) is 9.57. The van der Waals surface area contributed by atoms with Crippen LogP contribution in [0.4, 0.5) is 10.5 Å². The van der Waals surface area contributed by atoms with Gasteiger partial charge in [-0.3, -0.25) is 19.3 Å². The highest BCUT2D eigenvalue weighted by Crippen LogP contribution is 2.31. The molecule has 0 saturated carbocycles. The lowest BCUT2D eigenvalue weighted by molar-refractivity contribution is -0.130. The summed E-state index contributed by atoms with van der Waals surface area (Å²) < 4.78 is 0. The number of Topliss-reactive ketones (excluding diaryl/α,β-unsaturated/α-hetero) is 1. The molecule has 174 valence electrons. The maximum Gasteiger partial charge on any atom is 0.325 e. The van der Waals surface area contributed by atoms with Gasteiger partial charge in [0, 0.05) is 17.7 Å². The molecule has 1 aliphatic heterocycles. The van der Waals surface area contributed by atoms with Gasteiger partial charge in [-0.05, 0) is 54.2 Å². The van der Waals surface area contributed by atoms with Crippen LogP contribution >= 0.6 is 0 Å². The molecule has 0 spiro atoms. The van der Waals surface area contributed by atoms with Gasteiger partial charge < -0.3 is 10.6 Å². The highest BCUT2D eigenvalue weighted by molar-refractivity contribution is 6.11. The summed E-state index contributed by atoms with van der Waals surface area (Å²) >= 11 is 0. The van der Waals surface area contributed by atoms with Crippen molar-refractivity contribution < 1.29 is 19.2 Å². The fourth-order valence-electron chi connectivity index (χ4n) is 3.76. The van der Waals surface area contributed by atoms with E-state index < -0.39 is 17.5 Å². The van der Waals surface area contributed by atoms with Gasteiger partial charge in [0.25, 0.3) is 5.91 Å². The molecule has 7 nitrogen and oxygen atoms in total. The van der Waals surface area contributed by atoms with Gasteiger partial charge >= 0.3 is 6.03 Å². The van der Waals surface area contributed by atoms with Gasteiger partial charge in [-0.15, -0.1) is 0 Å². The van der Waals surface area contributed by atoms with Crippen LogP contribution in [0.3, 0.4) is 0 Å². The molecule has 7 heteroatoms. The number of anilines is 1. The molecule has 4 amide bonds. The summed E-state index contributed by atoms with van der Waals surface area (Å²) in [5.74, 6) is -0.921. The average Bonchev–Trinajstić information content (AvgIpc) is 2.97. The Hall–Kier alpha value is -3.48. The predicted octanol–water partition coefficient (Wildman–Crippen LogP) is 4.37. The van der Waals surface area contributed by atoms with Crippen molar-refractivity contribution in [3.63, 3.8) is 0 Å². The fraction of sp³-hybridized carbons (Fsp3) is 0.385. The Morgan fingerprint density at radius 1 is 1.00 bits per heavy atom. The van der Waals surface area contributed by atoms with Crippen molar-refractivity contribution >= 4 is 29.3 Å². The van der Waals surface area contributed by atoms with E-state index in [2.05, 4.69) is 31.4 Å². The van der Waals surface area contributed by atoms with Crippen LogP contribution in [0.15, 0.2) is 48.5 Å². The van der Waals surface area contributed by atoms with E-state index >= 15 is 0 Å². The summed E-state index contributed by atoms with van der Waals surface area (Å²) in [7, 11) is 0. The van der Waals surface area contributed by atoms with Crippen molar-refractivity contribution in [3.05, 3.63) is 65.2 Å². The number of ketones is 1. The third kappa shape index (κ3) is 5.13. The minimum atomic E-state index is -1.23. The number of nitrogens with one attached hydrogen (secondary N) is 2. The largest absolute Gasteiger partial charge is 0.326 e. The maximum absolute atomic E-state index is 13.2. The molecular formula is C26H31N3O4. The number of nitrogens with zero attached hydrogens (tertiary/aromatic N) is 1. The van der Waals surface area contributed by atoms with E-state index in [1.165, 1.54) is 0 Å². The van der Waals surface area contributed by atoms with Crippen LogP contribution in [0, 0.1) is 0 Å². The minimum absolute atomic E-state index is 0.0326. The van der Waals surface area contributed by atoms with Gasteiger partial charge in [-0.25, -0.2) is 4.79 Å². The molecule has 1 fully saturated rings. The number of rotatable bonds is 7. The molecule has 1 aliphatic rings. The Balaban J connectivity index is 1.72. The molecule has 0 bridgehead atoms. The minimum Gasteiger partial charge on any atom is -0.326 e. The Morgan fingerprint density at radius 3 is 2.15 bits per heavy atom. The number of urea groups is 1. The van der Waals surface area contributed by atoms with E-state index in [4.69, 9.17) is 0 Å². The first-order valence-electron chi connectivity index (χ1n) is 11.1. The number of benzene rings is 2. The van der Waals surface area contributed by atoms with Crippen molar-refractivity contribution in [3.8, 4) is 0 Å². The van der Waals surface area contributed by atoms with E-state index in [0.29, 0.717) is 23.2 Å². The molecule has 2 aromatic rings. The zero-order valence-corrected chi connectivity index (χ0v) is 19.8. The first-order chi connectivity index (χ1) is 15.5. The Labute approximate surface area is 194 Å². The number of carbonyl (C=O) groups is 4. The van der Waals surface area contributed by atoms with Gasteiger partial charge in [0.2, 0.25) is 5.91 Å². The van der Waals surface area contributed by atoms with Crippen molar-refractivity contribution in [1.82, 2.24) is 10.2 Å². The van der Waals surface area contributed by atoms with Gasteiger partial charge in [-0.2, -0.15) is 0 Å². The highest BCUT2D eigenvalue weighted by Gasteiger charge is 2.49. The summed E-state index contributed by atoms with van der Waals surface area (Å²) in [4.78, 5) is 51.2. The Morgan fingerprint density at radius 2 is 1.61 bits per heavy atom. The van der Waals surface area contributed by atoms with Crippen LogP contribution in [0.1, 0.15) is 68.9 Å². The Bertz CT molecular complexity index is 1070. The zero-order chi connectivity index (χ0) is 24.4. The van der Waals surface area contributed by atoms with E-state index in [9.17, 15) is 19.2 Å². The van der Waals surface area contributed by atoms with Crippen molar-refractivity contribution in [2.75, 3.05) is 11.9 Å². The number of carbonyl (C=O) groups excluding carboxylic acids is 4. The summed E-state index contributed by atoms with van der Waals surface area (Å²) in [6.45, 7) is 9.52. The third-order valence-electron chi connectivity index (χ3n) is 5.87. The summed E-state index contributed by atoms with van der Waals surface area (Å²) in [5, 5.41) is 5.50. The number of hydrogen-bond donors (Lipinski definition) is 2. The van der Waals surface area contributed by atoms with E-state index in [1.54, 1.807) is 31.2 Å². The first-order valence-corrected chi connectivity index (χ1v) is 11.1. The van der Waals surface area contributed by atoms with Crippen molar-refractivity contribution in [1.29, 1.82) is 0 Å². The maximum atomic E-state index is 13.2. The quantitative estimate of drug-likeness (QED) is 0.485. The van der Waals surface area contributed by atoms with Crippen LogP contribution in [-0.4, -0.2) is 35.1 Å². The number of imide groups is 1. The first kappa shape index (κ1) is 24.2. The second kappa shape index (κ2) is 9.17. The highest BCUT2D eigenvalue weighted by atomic mass is 16.2. The molecule has 0 unspecified atom stereocenters. The lowest BCUT2D eigenvalue weighted by Crippen LogP contribution is -2.41. The van der Waals surface area contributed by atoms with Crippen LogP contribution in [0.25, 0.3) is 0 Å². The van der Waals surface area contributed by atoms with Gasteiger partial charge in [0.05, 0.1) is 6.54 Å². The molecule has 1 saturated heterocycles. The molecule has 0 aromatic heterocycles. The van der Waals surface area contributed by atoms with Crippen molar-refractivity contribution in [2.24, 2.45) is 0 Å². The SMILES string of the molecule is CCCC(=O)Nc1ccc(C(=O)CN2C(=O)N[C@](C)(c3ccc(C(C)(C)C)cc3)C2=O)cc1. The second-order valence-corrected chi connectivity index (χ2v) is 9.57. The monoisotopic (exact) mass is 449 g/mol. The fourth-order valence-corrected chi connectivity index (χ4v) is 3.76. The van der Waals surface area contributed by atoms with E-state index in [1.807, 2.05) is 31.2 Å². The molecule has 3 rings (SSSR count). The standard InChI is InChI=1S/C26H31N3O4/c1-6-7-22(31)27-20-14-8-17(9-15-20)21(30)16-29-23(32)26(5,28-24(29)33)19-12-10-18(11-13-19)25(2,3)4/h8-15H,6-7,16H2,1-5H3,(H,27,31)(H,28,33)/t26-/m1/s1. The molecular weight excluding hydrogens is 418 g/mol. The average molecular weight is 450 g/mol. The van der Waals surface area contributed by atoms with Gasteiger partial charge in [0.15, 0.2) is 5.78 Å². The molecule has 2 N–H and O–H groups in total. The summed E-state index contributed by atoms with van der Waals surface area (Å²) in [6, 6.07) is 13.4. The van der Waals surface area contributed by atoms with Crippen LogP contribution in [0.5, 0.6) is 0 Å². The lowest BCUT2D eigenvalue weighted by Gasteiger charge is -2.24. The predicted molar refractivity (Wildman–Crippen MR) is 127 cm³/mol. The van der Waals surface area contributed by atoms with Crippen LogP contribution in [-0.2, 0) is 20.5 Å². The smallest absolute Gasteiger partial charge is 0.325 e.